The van der Waals surface area contributed by atoms with E-state index >= 15 is 0 Å². The van der Waals surface area contributed by atoms with Gasteiger partial charge in [0.2, 0.25) is 0 Å². The van der Waals surface area contributed by atoms with E-state index in [1.54, 1.807) is 6.20 Å². The lowest BCUT2D eigenvalue weighted by Gasteiger charge is -2.17. The highest BCUT2D eigenvalue weighted by atomic mass is 15.1. The molecule has 1 aromatic rings. The zero-order valence-electron chi connectivity index (χ0n) is 12.0. The Morgan fingerprint density at radius 2 is 1.89 bits per heavy atom. The molecule has 0 saturated heterocycles. The van der Waals surface area contributed by atoms with E-state index in [1.807, 2.05) is 13.1 Å². The Morgan fingerprint density at radius 1 is 1.11 bits per heavy atom. The minimum atomic E-state index is 0.844. The Labute approximate surface area is 110 Å². The number of nitrogens with one attached hydrogen (secondary N) is 1. The van der Waals surface area contributed by atoms with E-state index < -0.39 is 0 Å². The molecule has 0 aromatic carbocycles. The van der Waals surface area contributed by atoms with Crippen LogP contribution in [0.1, 0.15) is 19.0 Å². The van der Waals surface area contributed by atoms with Gasteiger partial charge in [0.1, 0.15) is 5.82 Å². The maximum absolute atomic E-state index is 4.40. The Morgan fingerprint density at radius 3 is 2.44 bits per heavy atom. The molecule has 0 spiro atoms. The summed E-state index contributed by atoms with van der Waals surface area (Å²) in [6.45, 7) is 5.98. The molecule has 0 unspecified atom stereocenters. The molecular weight excluding hydrogens is 226 g/mol. The van der Waals surface area contributed by atoms with E-state index in [1.165, 1.54) is 6.42 Å². The fourth-order valence-corrected chi connectivity index (χ4v) is 1.72. The van der Waals surface area contributed by atoms with E-state index in [4.69, 9.17) is 0 Å². The van der Waals surface area contributed by atoms with Crippen molar-refractivity contribution in [3.8, 4) is 0 Å². The molecule has 0 aliphatic carbocycles. The molecular formula is C13H25N5. The van der Waals surface area contributed by atoms with Gasteiger partial charge in [0.05, 0.1) is 18.1 Å². The maximum atomic E-state index is 4.40. The zero-order valence-corrected chi connectivity index (χ0v) is 12.0. The third-order valence-electron chi connectivity index (χ3n) is 2.64. The van der Waals surface area contributed by atoms with Crippen molar-refractivity contribution in [3.05, 3.63) is 18.1 Å². The molecule has 1 aromatic heterocycles. The fraction of sp³-hybridized carbons (Fsp3) is 0.692. The van der Waals surface area contributed by atoms with Gasteiger partial charge in [0.25, 0.3) is 0 Å². The van der Waals surface area contributed by atoms with Crippen molar-refractivity contribution < 1.29 is 0 Å². The van der Waals surface area contributed by atoms with Crippen LogP contribution >= 0.6 is 0 Å². The van der Waals surface area contributed by atoms with Crippen molar-refractivity contribution in [2.24, 2.45) is 0 Å². The van der Waals surface area contributed by atoms with E-state index in [-0.39, 0.29) is 0 Å². The average Bonchev–Trinajstić information content (AvgIpc) is 2.31. The molecule has 0 aliphatic rings. The largest absolute Gasteiger partial charge is 0.369 e. The predicted molar refractivity (Wildman–Crippen MR) is 75.7 cm³/mol. The first-order valence-corrected chi connectivity index (χ1v) is 6.50. The monoisotopic (exact) mass is 251 g/mol. The van der Waals surface area contributed by atoms with Gasteiger partial charge in [-0.05, 0) is 47.6 Å². The Balaban J connectivity index is 2.32. The first kappa shape index (κ1) is 14.9. The highest BCUT2D eigenvalue weighted by Crippen LogP contribution is 2.03. The van der Waals surface area contributed by atoms with Crippen molar-refractivity contribution in [2.75, 3.05) is 46.1 Å². The van der Waals surface area contributed by atoms with Crippen LogP contribution in [0.4, 0.5) is 5.82 Å². The Hall–Kier alpha value is -1.20. The highest BCUT2D eigenvalue weighted by molar-refractivity contribution is 5.30. The second-order valence-corrected chi connectivity index (χ2v) is 4.82. The first-order chi connectivity index (χ1) is 8.61. The van der Waals surface area contributed by atoms with Crippen LogP contribution in [0.25, 0.3) is 0 Å². The molecule has 1 rings (SSSR count). The van der Waals surface area contributed by atoms with Crippen LogP contribution < -0.4 is 5.32 Å². The lowest BCUT2D eigenvalue weighted by Crippen LogP contribution is -2.23. The topological polar surface area (TPSA) is 44.3 Å². The van der Waals surface area contributed by atoms with Gasteiger partial charge >= 0.3 is 0 Å². The van der Waals surface area contributed by atoms with Crippen molar-refractivity contribution >= 4 is 5.82 Å². The van der Waals surface area contributed by atoms with Crippen LogP contribution in [0.3, 0.4) is 0 Å². The van der Waals surface area contributed by atoms with Crippen LogP contribution in [0.2, 0.25) is 0 Å². The maximum Gasteiger partial charge on any atom is 0.144 e. The third-order valence-corrected chi connectivity index (χ3v) is 2.64. The van der Waals surface area contributed by atoms with Gasteiger partial charge in [-0.25, -0.2) is 4.98 Å². The van der Waals surface area contributed by atoms with Crippen LogP contribution in [0.15, 0.2) is 12.4 Å². The lowest BCUT2D eigenvalue weighted by atomic mass is 10.3. The van der Waals surface area contributed by atoms with Gasteiger partial charge in [-0.3, -0.25) is 4.98 Å². The molecule has 5 nitrogen and oxygen atoms in total. The van der Waals surface area contributed by atoms with Gasteiger partial charge in [-0.15, -0.1) is 0 Å². The van der Waals surface area contributed by atoms with Crippen molar-refractivity contribution in [3.63, 3.8) is 0 Å². The smallest absolute Gasteiger partial charge is 0.144 e. The van der Waals surface area contributed by atoms with Crippen LogP contribution in [-0.2, 0) is 6.54 Å². The van der Waals surface area contributed by atoms with Gasteiger partial charge < -0.3 is 15.1 Å². The normalized spacial score (nSPS) is 11.2. The van der Waals surface area contributed by atoms with Crippen molar-refractivity contribution in [2.45, 2.75) is 19.9 Å². The summed E-state index contributed by atoms with van der Waals surface area (Å²) in [5.41, 5.74) is 1.02. The van der Waals surface area contributed by atoms with Crippen LogP contribution in [-0.4, -0.2) is 60.5 Å². The highest BCUT2D eigenvalue weighted by Gasteiger charge is 2.02. The van der Waals surface area contributed by atoms with E-state index in [2.05, 4.69) is 46.2 Å². The fourth-order valence-electron chi connectivity index (χ4n) is 1.72. The second kappa shape index (κ2) is 8.00. The van der Waals surface area contributed by atoms with Gasteiger partial charge in [-0.2, -0.15) is 0 Å². The van der Waals surface area contributed by atoms with E-state index in [0.29, 0.717) is 0 Å². The lowest BCUT2D eigenvalue weighted by molar-refractivity contribution is 0.291. The molecule has 0 atom stereocenters. The van der Waals surface area contributed by atoms with Crippen molar-refractivity contribution in [1.29, 1.82) is 0 Å². The summed E-state index contributed by atoms with van der Waals surface area (Å²) in [4.78, 5) is 13.2. The molecule has 18 heavy (non-hydrogen) atoms. The summed E-state index contributed by atoms with van der Waals surface area (Å²) in [6, 6.07) is 0. The minimum Gasteiger partial charge on any atom is -0.369 e. The number of hydrogen-bond donors (Lipinski definition) is 1. The summed E-state index contributed by atoms with van der Waals surface area (Å²) >= 11 is 0. The Bertz CT molecular complexity index is 323. The summed E-state index contributed by atoms with van der Waals surface area (Å²) < 4.78 is 0. The third kappa shape index (κ3) is 5.93. The molecule has 0 aliphatic heterocycles. The quantitative estimate of drug-likeness (QED) is 0.754. The summed E-state index contributed by atoms with van der Waals surface area (Å²) in [5, 5.41) is 3.14. The predicted octanol–water partition coefficient (Wildman–Crippen LogP) is 1.29. The summed E-state index contributed by atoms with van der Waals surface area (Å²) in [5.74, 6) is 0.844. The number of anilines is 1. The van der Waals surface area contributed by atoms with Crippen LogP contribution in [0, 0.1) is 0 Å². The molecule has 1 N–H and O–H groups in total. The zero-order chi connectivity index (χ0) is 13.4. The molecule has 0 amide bonds. The van der Waals surface area contributed by atoms with Gasteiger partial charge in [0, 0.05) is 13.1 Å². The van der Waals surface area contributed by atoms with Crippen LogP contribution in [0.5, 0.6) is 0 Å². The van der Waals surface area contributed by atoms with Gasteiger partial charge in [-0.1, -0.05) is 0 Å². The molecule has 1 heterocycles. The summed E-state index contributed by atoms with van der Waals surface area (Å²) in [6.07, 6.45) is 4.82. The molecule has 0 bridgehead atoms. The number of hydrogen-bond acceptors (Lipinski definition) is 5. The molecule has 0 fully saturated rings. The SMILES string of the molecule is CCNc1cnc(CN(C)CCCN(C)C)cn1. The van der Waals surface area contributed by atoms with Gasteiger partial charge in [0.15, 0.2) is 0 Å². The van der Waals surface area contributed by atoms with E-state index in [0.717, 1.165) is 37.7 Å². The van der Waals surface area contributed by atoms with Crippen molar-refractivity contribution in [1.82, 2.24) is 19.8 Å². The molecule has 0 radical (unpaired) electrons. The Kier molecular flexibility index (Phi) is 6.60. The number of aromatic nitrogens is 2. The first-order valence-electron chi connectivity index (χ1n) is 6.50. The number of nitrogens with zero attached hydrogens (tertiary/aromatic N) is 4. The average molecular weight is 251 g/mol. The standard InChI is InChI=1S/C13H25N5/c1-5-14-13-10-15-12(9-16-13)11-18(4)8-6-7-17(2)3/h9-10H,5-8,11H2,1-4H3,(H,14,16). The van der Waals surface area contributed by atoms with E-state index in [9.17, 15) is 0 Å². The summed E-state index contributed by atoms with van der Waals surface area (Å²) in [7, 11) is 6.32. The molecule has 0 saturated carbocycles. The molecule has 5 heteroatoms. The minimum absolute atomic E-state index is 0.844. The number of rotatable bonds is 8. The molecule has 102 valence electrons. The second-order valence-electron chi connectivity index (χ2n) is 4.82.